The van der Waals surface area contributed by atoms with E-state index in [0.29, 0.717) is 28.4 Å². The number of nitrogens with zero attached hydrogens (tertiary/aromatic N) is 1. The molecule has 1 amide bonds. The van der Waals surface area contributed by atoms with Crippen LogP contribution in [0.4, 0.5) is 15.8 Å². The summed E-state index contributed by atoms with van der Waals surface area (Å²) < 4.78 is 24.9. The number of carbonyl (C=O) groups is 1. The van der Waals surface area contributed by atoms with Gasteiger partial charge in [-0.3, -0.25) is 10.1 Å². The lowest BCUT2D eigenvalue weighted by atomic mass is 10.1. The average molecular weight is 418 g/mol. The lowest BCUT2D eigenvalue weighted by Crippen LogP contribution is -2.34. The minimum Gasteiger partial charge on any atom is -0.497 e. The van der Waals surface area contributed by atoms with Crippen molar-refractivity contribution in [2.75, 3.05) is 37.5 Å². The van der Waals surface area contributed by atoms with E-state index in [2.05, 4.69) is 15.5 Å². The Hall–Kier alpha value is -2.87. The van der Waals surface area contributed by atoms with E-state index >= 15 is 0 Å². The van der Waals surface area contributed by atoms with Gasteiger partial charge in [0.05, 0.1) is 19.9 Å². The molecule has 1 saturated heterocycles. The van der Waals surface area contributed by atoms with Gasteiger partial charge in [0.2, 0.25) is 0 Å². The third-order valence-corrected chi connectivity index (χ3v) is 4.95. The summed E-state index contributed by atoms with van der Waals surface area (Å²) in [5, 5.41) is 5.50. The van der Waals surface area contributed by atoms with Crippen molar-refractivity contribution in [2.24, 2.45) is 0 Å². The summed E-state index contributed by atoms with van der Waals surface area (Å²) in [5.74, 6) is 0.237. The molecule has 0 bridgehead atoms. The van der Waals surface area contributed by atoms with Crippen LogP contribution in [0.15, 0.2) is 36.4 Å². The van der Waals surface area contributed by atoms with E-state index in [-0.39, 0.29) is 10.9 Å². The van der Waals surface area contributed by atoms with Crippen LogP contribution >= 0.6 is 12.2 Å². The van der Waals surface area contributed by atoms with Crippen molar-refractivity contribution in [1.82, 2.24) is 5.32 Å². The van der Waals surface area contributed by atoms with E-state index in [0.717, 1.165) is 25.9 Å². The molecule has 29 heavy (non-hydrogen) atoms. The first-order valence-electron chi connectivity index (χ1n) is 9.40. The van der Waals surface area contributed by atoms with Gasteiger partial charge >= 0.3 is 0 Å². The summed E-state index contributed by atoms with van der Waals surface area (Å²) in [6.45, 7) is 1.73. The Bertz CT molecular complexity index is 878. The summed E-state index contributed by atoms with van der Waals surface area (Å²) in [7, 11) is 3.01. The SMILES string of the molecule is COc1cc(OC)cc(C(=O)NC(=S)Nc2ccc(N3CCCCC3)c(F)c2)c1. The van der Waals surface area contributed by atoms with Crippen LogP contribution < -0.4 is 25.0 Å². The first-order valence-corrected chi connectivity index (χ1v) is 9.81. The van der Waals surface area contributed by atoms with Gasteiger partial charge in [0, 0.05) is 30.4 Å². The second-order valence-electron chi connectivity index (χ2n) is 6.72. The monoisotopic (exact) mass is 417 g/mol. The predicted molar refractivity (Wildman–Crippen MR) is 116 cm³/mol. The Morgan fingerprint density at radius 1 is 1.03 bits per heavy atom. The number of piperidine rings is 1. The summed E-state index contributed by atoms with van der Waals surface area (Å²) in [6, 6.07) is 9.69. The molecule has 0 aliphatic carbocycles. The topological polar surface area (TPSA) is 62.8 Å². The Balaban J connectivity index is 1.64. The molecule has 0 saturated carbocycles. The Morgan fingerprint density at radius 3 is 2.28 bits per heavy atom. The molecule has 0 spiro atoms. The van der Waals surface area contributed by atoms with E-state index in [1.807, 2.05) is 0 Å². The van der Waals surface area contributed by atoms with Crippen LogP contribution in [0.5, 0.6) is 11.5 Å². The van der Waals surface area contributed by atoms with Crippen LogP contribution in [0.2, 0.25) is 0 Å². The molecule has 2 aromatic rings. The van der Waals surface area contributed by atoms with Gasteiger partial charge in [-0.1, -0.05) is 0 Å². The van der Waals surface area contributed by atoms with Gasteiger partial charge in [-0.15, -0.1) is 0 Å². The average Bonchev–Trinajstić information content (AvgIpc) is 2.73. The summed E-state index contributed by atoms with van der Waals surface area (Å²) in [6.07, 6.45) is 3.33. The molecule has 1 fully saturated rings. The molecule has 0 radical (unpaired) electrons. The van der Waals surface area contributed by atoms with Gasteiger partial charge in [-0.25, -0.2) is 4.39 Å². The van der Waals surface area contributed by atoms with Gasteiger partial charge in [0.25, 0.3) is 5.91 Å². The van der Waals surface area contributed by atoms with Gasteiger partial charge in [0.15, 0.2) is 5.11 Å². The molecule has 0 atom stereocenters. The molecule has 6 nitrogen and oxygen atoms in total. The zero-order valence-electron chi connectivity index (χ0n) is 16.5. The fraction of sp³-hybridized carbons (Fsp3) is 0.333. The molecule has 2 aromatic carbocycles. The molecule has 1 aliphatic heterocycles. The van der Waals surface area contributed by atoms with Crippen molar-refractivity contribution in [2.45, 2.75) is 19.3 Å². The molecule has 154 valence electrons. The number of hydrogen-bond acceptors (Lipinski definition) is 5. The van der Waals surface area contributed by atoms with Crippen molar-refractivity contribution < 1.29 is 18.7 Å². The van der Waals surface area contributed by atoms with Crippen LogP contribution in [0.3, 0.4) is 0 Å². The highest BCUT2D eigenvalue weighted by atomic mass is 32.1. The second-order valence-corrected chi connectivity index (χ2v) is 7.13. The molecule has 3 rings (SSSR count). The molecule has 8 heteroatoms. The maximum atomic E-state index is 14.5. The summed E-state index contributed by atoms with van der Waals surface area (Å²) in [4.78, 5) is 14.5. The summed E-state index contributed by atoms with van der Waals surface area (Å²) >= 11 is 5.20. The number of thiocarbonyl (C=S) groups is 1. The van der Waals surface area contributed by atoms with Gasteiger partial charge in [-0.05, 0) is 61.8 Å². The van der Waals surface area contributed by atoms with E-state index in [4.69, 9.17) is 21.7 Å². The normalized spacial score (nSPS) is 13.6. The highest BCUT2D eigenvalue weighted by Crippen LogP contribution is 2.26. The Labute approximate surface area is 175 Å². The number of nitrogens with one attached hydrogen (secondary N) is 2. The van der Waals surface area contributed by atoms with Gasteiger partial charge in [0.1, 0.15) is 17.3 Å². The zero-order chi connectivity index (χ0) is 20.8. The number of rotatable bonds is 5. The second kappa shape index (κ2) is 9.56. The quantitative estimate of drug-likeness (QED) is 0.718. The minimum absolute atomic E-state index is 0.0712. The number of methoxy groups -OCH3 is 2. The molecular formula is C21H24FN3O3S. The van der Waals surface area contributed by atoms with E-state index < -0.39 is 5.91 Å². The van der Waals surface area contributed by atoms with E-state index in [1.54, 1.807) is 30.3 Å². The first-order chi connectivity index (χ1) is 14.0. The third kappa shape index (κ3) is 5.35. The summed E-state index contributed by atoms with van der Waals surface area (Å²) in [5.41, 5.74) is 1.39. The fourth-order valence-electron chi connectivity index (χ4n) is 3.25. The van der Waals surface area contributed by atoms with Crippen molar-refractivity contribution in [3.05, 3.63) is 47.8 Å². The maximum Gasteiger partial charge on any atom is 0.257 e. The number of carbonyl (C=O) groups excluding carboxylic acids is 1. The fourth-order valence-corrected chi connectivity index (χ4v) is 3.46. The smallest absolute Gasteiger partial charge is 0.257 e. The Morgan fingerprint density at radius 2 is 1.69 bits per heavy atom. The van der Waals surface area contributed by atoms with Gasteiger partial charge in [-0.2, -0.15) is 0 Å². The zero-order valence-corrected chi connectivity index (χ0v) is 17.3. The largest absolute Gasteiger partial charge is 0.497 e. The number of anilines is 2. The van der Waals surface area contributed by atoms with Crippen molar-refractivity contribution >= 4 is 34.6 Å². The molecule has 2 N–H and O–H groups in total. The lowest BCUT2D eigenvalue weighted by Gasteiger charge is -2.29. The number of halogens is 1. The third-order valence-electron chi connectivity index (χ3n) is 4.74. The van der Waals surface area contributed by atoms with Crippen LogP contribution in [0.1, 0.15) is 29.6 Å². The van der Waals surface area contributed by atoms with Crippen LogP contribution in [0.25, 0.3) is 0 Å². The highest BCUT2D eigenvalue weighted by molar-refractivity contribution is 7.80. The van der Waals surface area contributed by atoms with Crippen molar-refractivity contribution in [3.63, 3.8) is 0 Å². The van der Waals surface area contributed by atoms with E-state index in [1.165, 1.54) is 26.7 Å². The minimum atomic E-state index is -0.426. The highest BCUT2D eigenvalue weighted by Gasteiger charge is 2.16. The molecule has 0 aromatic heterocycles. The molecule has 1 heterocycles. The molecule has 0 unspecified atom stereocenters. The predicted octanol–water partition coefficient (Wildman–Crippen LogP) is 3.96. The maximum absolute atomic E-state index is 14.5. The first kappa shape index (κ1) is 20.9. The lowest BCUT2D eigenvalue weighted by molar-refractivity contribution is 0.0977. The van der Waals surface area contributed by atoms with Crippen LogP contribution in [-0.2, 0) is 0 Å². The number of hydrogen-bond donors (Lipinski definition) is 2. The standard InChI is InChI=1S/C21H24FN3O3S/c1-27-16-10-14(11-17(13-16)28-2)20(26)24-21(29)23-15-6-7-19(18(22)12-15)25-8-4-3-5-9-25/h6-7,10-13H,3-5,8-9H2,1-2H3,(H2,23,24,26,29). The molecular weight excluding hydrogens is 393 g/mol. The number of ether oxygens (including phenoxy) is 2. The number of benzene rings is 2. The van der Waals surface area contributed by atoms with Crippen molar-refractivity contribution in [1.29, 1.82) is 0 Å². The van der Waals surface area contributed by atoms with Crippen molar-refractivity contribution in [3.8, 4) is 11.5 Å². The van der Waals surface area contributed by atoms with Gasteiger partial charge < -0.3 is 19.7 Å². The Kier molecular flexibility index (Phi) is 6.87. The van der Waals surface area contributed by atoms with Crippen LogP contribution in [-0.4, -0.2) is 38.3 Å². The van der Waals surface area contributed by atoms with Crippen LogP contribution in [0, 0.1) is 5.82 Å². The van der Waals surface area contributed by atoms with E-state index in [9.17, 15) is 9.18 Å². The number of amides is 1. The molecule has 1 aliphatic rings.